The topological polar surface area (TPSA) is 75.4 Å². The van der Waals surface area contributed by atoms with E-state index >= 15 is 0 Å². The van der Waals surface area contributed by atoms with Crippen LogP contribution in [-0.2, 0) is 10.0 Å². The Morgan fingerprint density at radius 2 is 1.95 bits per heavy atom. The number of hydrogen-bond acceptors (Lipinski definition) is 4. The Balaban J connectivity index is 1.98. The van der Waals surface area contributed by atoms with Crippen molar-refractivity contribution < 1.29 is 8.42 Å². The third kappa shape index (κ3) is 4.18. The highest BCUT2D eigenvalue weighted by atomic mass is 32.2. The largest absolute Gasteiger partial charge is 0.398 e. The molecular weight excluding hydrogens is 286 g/mol. The monoisotopic (exact) mass is 311 g/mol. The summed E-state index contributed by atoms with van der Waals surface area (Å²) in [4.78, 5) is 2.58. The van der Waals surface area contributed by atoms with Gasteiger partial charge >= 0.3 is 0 Å². The van der Waals surface area contributed by atoms with Crippen molar-refractivity contribution in [2.75, 3.05) is 25.4 Å². The van der Waals surface area contributed by atoms with E-state index in [-0.39, 0.29) is 10.9 Å². The van der Waals surface area contributed by atoms with Crippen molar-refractivity contribution in [3.63, 3.8) is 0 Å². The van der Waals surface area contributed by atoms with Gasteiger partial charge in [0.15, 0.2) is 0 Å². The van der Waals surface area contributed by atoms with Gasteiger partial charge in [-0.2, -0.15) is 0 Å². The van der Waals surface area contributed by atoms with Crippen molar-refractivity contribution in [1.29, 1.82) is 0 Å². The summed E-state index contributed by atoms with van der Waals surface area (Å²) >= 11 is 0. The SMILES string of the molecule is Cc1ccc(S(=O)(=O)NCC(C)N2CCCCC2)cc1N. The van der Waals surface area contributed by atoms with Crippen molar-refractivity contribution in [2.24, 2.45) is 0 Å². The van der Waals surface area contributed by atoms with E-state index in [4.69, 9.17) is 5.73 Å². The zero-order valence-corrected chi connectivity index (χ0v) is 13.6. The lowest BCUT2D eigenvalue weighted by Crippen LogP contribution is -2.44. The van der Waals surface area contributed by atoms with Crippen LogP contribution in [0.4, 0.5) is 5.69 Å². The Morgan fingerprint density at radius 3 is 2.57 bits per heavy atom. The summed E-state index contributed by atoms with van der Waals surface area (Å²) in [6.07, 6.45) is 3.68. The van der Waals surface area contributed by atoms with Gasteiger partial charge in [0.05, 0.1) is 4.90 Å². The standard InChI is InChI=1S/C15H25N3O2S/c1-12-6-7-14(10-15(12)16)21(19,20)17-11-13(2)18-8-4-3-5-9-18/h6-7,10,13,17H,3-5,8-9,11,16H2,1-2H3. The number of aryl methyl sites for hydroxylation is 1. The number of nitrogens with one attached hydrogen (secondary N) is 1. The molecule has 0 bridgehead atoms. The average Bonchev–Trinajstić information content (AvgIpc) is 2.48. The molecule has 5 nitrogen and oxygen atoms in total. The van der Waals surface area contributed by atoms with E-state index in [1.807, 2.05) is 6.92 Å². The van der Waals surface area contributed by atoms with Gasteiger partial charge in [0, 0.05) is 18.3 Å². The smallest absolute Gasteiger partial charge is 0.240 e. The van der Waals surface area contributed by atoms with E-state index < -0.39 is 10.0 Å². The van der Waals surface area contributed by atoms with Gasteiger partial charge < -0.3 is 5.73 Å². The number of nitrogens with zero attached hydrogens (tertiary/aromatic N) is 1. The molecule has 0 saturated carbocycles. The first kappa shape index (κ1) is 16.3. The molecule has 1 fully saturated rings. The normalized spacial score (nSPS) is 18.6. The van der Waals surface area contributed by atoms with Gasteiger partial charge in [-0.15, -0.1) is 0 Å². The van der Waals surface area contributed by atoms with E-state index in [0.29, 0.717) is 12.2 Å². The van der Waals surface area contributed by atoms with Crippen LogP contribution in [0.25, 0.3) is 0 Å². The van der Waals surface area contributed by atoms with Crippen LogP contribution in [0.2, 0.25) is 0 Å². The van der Waals surface area contributed by atoms with Gasteiger partial charge in [-0.1, -0.05) is 12.5 Å². The van der Waals surface area contributed by atoms with Crippen LogP contribution in [0.5, 0.6) is 0 Å². The van der Waals surface area contributed by atoms with Gasteiger partial charge in [-0.05, 0) is 57.5 Å². The maximum absolute atomic E-state index is 12.3. The fourth-order valence-corrected chi connectivity index (χ4v) is 3.74. The summed E-state index contributed by atoms with van der Waals surface area (Å²) in [6.45, 7) is 6.46. The van der Waals surface area contributed by atoms with Crippen LogP contribution in [0.1, 0.15) is 31.7 Å². The van der Waals surface area contributed by atoms with E-state index in [0.717, 1.165) is 18.7 Å². The Hall–Kier alpha value is -1.11. The molecule has 1 unspecified atom stereocenters. The second kappa shape index (κ2) is 6.77. The summed E-state index contributed by atoms with van der Waals surface area (Å²) in [5, 5.41) is 0. The second-order valence-electron chi connectivity index (χ2n) is 5.82. The first-order valence-corrected chi connectivity index (χ1v) is 8.98. The van der Waals surface area contributed by atoms with Crippen molar-refractivity contribution >= 4 is 15.7 Å². The maximum atomic E-state index is 12.3. The van der Waals surface area contributed by atoms with Crippen molar-refractivity contribution in [2.45, 2.75) is 44.0 Å². The highest BCUT2D eigenvalue weighted by molar-refractivity contribution is 7.89. The Kier molecular flexibility index (Phi) is 5.24. The highest BCUT2D eigenvalue weighted by Crippen LogP contribution is 2.17. The fourth-order valence-electron chi connectivity index (χ4n) is 2.59. The van der Waals surface area contributed by atoms with Gasteiger partial charge in [0.25, 0.3) is 0 Å². The third-order valence-corrected chi connectivity index (χ3v) is 5.57. The Bertz CT molecular complexity index is 581. The van der Waals surface area contributed by atoms with Crippen LogP contribution < -0.4 is 10.5 Å². The van der Waals surface area contributed by atoms with Crippen LogP contribution >= 0.6 is 0 Å². The molecule has 1 atom stereocenters. The van der Waals surface area contributed by atoms with Crippen molar-refractivity contribution in [1.82, 2.24) is 9.62 Å². The van der Waals surface area contributed by atoms with E-state index in [1.54, 1.807) is 12.1 Å². The molecule has 0 spiro atoms. The highest BCUT2D eigenvalue weighted by Gasteiger charge is 2.20. The first-order valence-electron chi connectivity index (χ1n) is 7.50. The molecule has 6 heteroatoms. The predicted octanol–water partition coefficient (Wildman–Crippen LogP) is 1.73. The third-order valence-electron chi connectivity index (χ3n) is 4.14. The summed E-state index contributed by atoms with van der Waals surface area (Å²) < 4.78 is 27.3. The second-order valence-corrected chi connectivity index (χ2v) is 7.58. The zero-order chi connectivity index (χ0) is 15.5. The van der Waals surface area contributed by atoms with Crippen LogP contribution in [0.15, 0.2) is 23.1 Å². The molecule has 0 radical (unpaired) electrons. The summed E-state index contributed by atoms with van der Waals surface area (Å²) in [5.74, 6) is 0. The molecule has 21 heavy (non-hydrogen) atoms. The average molecular weight is 311 g/mol. The van der Waals surface area contributed by atoms with Crippen molar-refractivity contribution in [3.8, 4) is 0 Å². The number of benzene rings is 1. The maximum Gasteiger partial charge on any atom is 0.240 e. The lowest BCUT2D eigenvalue weighted by Gasteiger charge is -2.32. The molecule has 1 aromatic rings. The van der Waals surface area contributed by atoms with Crippen LogP contribution in [0, 0.1) is 6.92 Å². The number of hydrogen-bond donors (Lipinski definition) is 2. The van der Waals surface area contributed by atoms with Crippen molar-refractivity contribution in [3.05, 3.63) is 23.8 Å². The minimum atomic E-state index is -3.49. The molecule has 2 rings (SSSR count). The lowest BCUT2D eigenvalue weighted by atomic mass is 10.1. The fraction of sp³-hybridized carbons (Fsp3) is 0.600. The van der Waals surface area contributed by atoms with Crippen LogP contribution in [-0.4, -0.2) is 39.0 Å². The Labute approximate surface area is 127 Å². The molecule has 1 heterocycles. The quantitative estimate of drug-likeness (QED) is 0.812. The van der Waals surface area contributed by atoms with E-state index in [9.17, 15) is 8.42 Å². The molecule has 1 aliphatic heterocycles. The Morgan fingerprint density at radius 1 is 1.29 bits per heavy atom. The molecule has 3 N–H and O–H groups in total. The molecular formula is C15H25N3O2S. The van der Waals surface area contributed by atoms with Gasteiger partial charge in [-0.3, -0.25) is 4.90 Å². The molecule has 1 aliphatic rings. The minimum absolute atomic E-state index is 0.211. The number of sulfonamides is 1. The van der Waals surface area contributed by atoms with E-state index in [2.05, 4.69) is 16.5 Å². The number of likely N-dealkylation sites (tertiary alicyclic amines) is 1. The number of nitrogens with two attached hydrogens (primary N) is 1. The number of anilines is 1. The van der Waals surface area contributed by atoms with Gasteiger partial charge in [0.2, 0.25) is 10.0 Å². The first-order chi connectivity index (χ1) is 9.90. The number of rotatable bonds is 5. The van der Waals surface area contributed by atoms with E-state index in [1.165, 1.54) is 25.3 Å². The zero-order valence-electron chi connectivity index (χ0n) is 12.8. The summed E-state index contributed by atoms with van der Waals surface area (Å²) in [7, 11) is -3.49. The predicted molar refractivity (Wildman–Crippen MR) is 85.7 cm³/mol. The number of nitrogen functional groups attached to an aromatic ring is 1. The van der Waals surface area contributed by atoms with Gasteiger partial charge in [-0.25, -0.2) is 13.1 Å². The molecule has 1 saturated heterocycles. The molecule has 0 aliphatic carbocycles. The molecule has 1 aromatic carbocycles. The van der Waals surface area contributed by atoms with Crippen LogP contribution in [0.3, 0.4) is 0 Å². The lowest BCUT2D eigenvalue weighted by molar-refractivity contribution is 0.175. The molecule has 118 valence electrons. The molecule has 0 aromatic heterocycles. The summed E-state index contributed by atoms with van der Waals surface area (Å²) in [5.41, 5.74) is 7.18. The molecule has 0 amide bonds. The minimum Gasteiger partial charge on any atom is -0.398 e. The number of piperidine rings is 1. The van der Waals surface area contributed by atoms with Gasteiger partial charge in [0.1, 0.15) is 0 Å². The summed E-state index contributed by atoms with van der Waals surface area (Å²) in [6, 6.07) is 5.06.